The van der Waals surface area contributed by atoms with Gasteiger partial charge in [0.1, 0.15) is 11.4 Å². The molecule has 0 atom stereocenters. The zero-order chi connectivity index (χ0) is 7.56. The molecule has 0 aliphatic rings. The predicted octanol–water partition coefficient (Wildman–Crippen LogP) is -1.10. The maximum atomic E-state index is 12.5. The Kier molecular flexibility index (Phi) is 1.98. The van der Waals surface area contributed by atoms with Crippen LogP contribution in [0, 0.1) is 5.82 Å². The Morgan fingerprint density at radius 1 is 1.50 bits per heavy atom. The summed E-state index contributed by atoms with van der Waals surface area (Å²) in [6.07, 6.45) is 1.29. The molecule has 0 bridgehead atoms. The minimum atomic E-state index is -1.83. The molecule has 0 saturated heterocycles. The molecule has 10 heavy (non-hydrogen) atoms. The van der Waals surface area contributed by atoms with Gasteiger partial charge in [-0.25, -0.2) is 4.39 Å². The van der Waals surface area contributed by atoms with Crippen LogP contribution < -0.4 is 5.59 Å². The van der Waals surface area contributed by atoms with Gasteiger partial charge < -0.3 is 10.0 Å². The Labute approximate surface area is 57.3 Å². The van der Waals surface area contributed by atoms with Gasteiger partial charge in [-0.3, -0.25) is 4.98 Å². The molecule has 3 nitrogen and oxygen atoms in total. The van der Waals surface area contributed by atoms with Gasteiger partial charge in [-0.2, -0.15) is 0 Å². The molecule has 1 aromatic heterocycles. The van der Waals surface area contributed by atoms with E-state index in [0.29, 0.717) is 0 Å². The number of hydrogen-bond acceptors (Lipinski definition) is 3. The lowest BCUT2D eigenvalue weighted by molar-refractivity contribution is 0.421. The second kappa shape index (κ2) is 2.77. The van der Waals surface area contributed by atoms with Crippen LogP contribution in [0.4, 0.5) is 4.39 Å². The van der Waals surface area contributed by atoms with Gasteiger partial charge in [0.2, 0.25) is 0 Å². The summed E-state index contributed by atoms with van der Waals surface area (Å²) in [7, 11) is -1.83. The number of halogens is 1. The highest BCUT2D eigenvalue weighted by Gasteiger charge is 2.16. The molecule has 0 fully saturated rings. The van der Waals surface area contributed by atoms with Gasteiger partial charge in [0.15, 0.2) is 0 Å². The van der Waals surface area contributed by atoms with Crippen LogP contribution in [0.3, 0.4) is 0 Å². The van der Waals surface area contributed by atoms with E-state index in [1.807, 2.05) is 0 Å². The summed E-state index contributed by atoms with van der Waals surface area (Å²) < 4.78 is 12.5. The minimum Gasteiger partial charge on any atom is -0.422 e. The number of aromatic nitrogens is 1. The first-order chi connectivity index (χ1) is 4.72. The fourth-order valence-electron chi connectivity index (χ4n) is 0.588. The summed E-state index contributed by atoms with van der Waals surface area (Å²) in [6, 6.07) is 2.49. The van der Waals surface area contributed by atoms with E-state index in [0.717, 1.165) is 6.07 Å². The van der Waals surface area contributed by atoms with Crippen molar-refractivity contribution in [3.05, 3.63) is 24.1 Å². The van der Waals surface area contributed by atoms with Crippen LogP contribution in [0.5, 0.6) is 0 Å². The second-order valence-corrected chi connectivity index (χ2v) is 1.74. The van der Waals surface area contributed by atoms with Crippen molar-refractivity contribution in [1.29, 1.82) is 0 Å². The molecule has 0 saturated carbocycles. The summed E-state index contributed by atoms with van der Waals surface area (Å²) in [6.45, 7) is 0. The van der Waals surface area contributed by atoms with Crippen molar-refractivity contribution in [2.45, 2.75) is 0 Å². The Hall–Kier alpha value is -0.935. The van der Waals surface area contributed by atoms with E-state index in [-0.39, 0.29) is 5.59 Å². The topological polar surface area (TPSA) is 53.4 Å². The minimum absolute atomic E-state index is 0.345. The molecule has 0 radical (unpaired) electrons. The van der Waals surface area contributed by atoms with Crippen molar-refractivity contribution in [1.82, 2.24) is 4.98 Å². The highest BCUT2D eigenvalue weighted by molar-refractivity contribution is 6.57. The number of hydrogen-bond donors (Lipinski definition) is 2. The normalized spacial score (nSPS) is 9.50. The average molecular weight is 141 g/mol. The molecule has 52 valence electrons. The molecule has 1 heterocycles. The molecule has 1 rings (SSSR count). The van der Waals surface area contributed by atoms with Gasteiger partial charge in [0, 0.05) is 6.20 Å². The summed E-state index contributed by atoms with van der Waals surface area (Å²) in [5.74, 6) is -0.711. The smallest absolute Gasteiger partial charge is 0.422 e. The highest BCUT2D eigenvalue weighted by Crippen LogP contribution is 1.88. The van der Waals surface area contributed by atoms with Gasteiger partial charge in [-0.15, -0.1) is 0 Å². The van der Waals surface area contributed by atoms with Crippen LogP contribution in [-0.4, -0.2) is 22.2 Å². The first-order valence-electron chi connectivity index (χ1n) is 2.68. The third-order valence-electron chi connectivity index (χ3n) is 1.03. The van der Waals surface area contributed by atoms with Gasteiger partial charge in [-0.05, 0) is 12.1 Å². The van der Waals surface area contributed by atoms with Crippen molar-refractivity contribution in [2.24, 2.45) is 0 Å². The average Bonchev–Trinajstić information content (AvgIpc) is 1.88. The Morgan fingerprint density at radius 3 is 2.60 bits per heavy atom. The molecular formula is C5H5BFNO2. The molecule has 5 heteroatoms. The van der Waals surface area contributed by atoms with Crippen molar-refractivity contribution in [3.8, 4) is 0 Å². The number of pyridine rings is 1. The maximum absolute atomic E-state index is 12.5. The number of nitrogens with zero attached hydrogens (tertiary/aromatic N) is 1. The van der Waals surface area contributed by atoms with Crippen LogP contribution in [-0.2, 0) is 0 Å². The second-order valence-electron chi connectivity index (χ2n) is 1.74. The van der Waals surface area contributed by atoms with Gasteiger partial charge in [0.25, 0.3) is 0 Å². The van der Waals surface area contributed by atoms with E-state index in [4.69, 9.17) is 10.0 Å². The van der Waals surface area contributed by atoms with E-state index >= 15 is 0 Å². The Balaban J connectivity index is 3.03. The molecule has 0 aliphatic carbocycles. The third-order valence-corrected chi connectivity index (χ3v) is 1.03. The lowest BCUT2D eigenvalue weighted by atomic mass is 9.85. The lowest BCUT2D eigenvalue weighted by Gasteiger charge is -1.96. The van der Waals surface area contributed by atoms with Crippen LogP contribution in [0.15, 0.2) is 18.3 Å². The fraction of sp³-hybridized carbons (Fsp3) is 0. The molecule has 0 unspecified atom stereocenters. The van der Waals surface area contributed by atoms with Gasteiger partial charge in [0.05, 0.1) is 0 Å². The van der Waals surface area contributed by atoms with Gasteiger partial charge >= 0.3 is 7.12 Å². The molecule has 0 spiro atoms. The van der Waals surface area contributed by atoms with E-state index in [1.165, 1.54) is 12.3 Å². The maximum Gasteiger partial charge on any atom is 0.511 e. The van der Waals surface area contributed by atoms with E-state index in [2.05, 4.69) is 4.98 Å². The fourth-order valence-corrected chi connectivity index (χ4v) is 0.588. The third kappa shape index (κ3) is 1.31. The van der Waals surface area contributed by atoms with E-state index in [1.54, 1.807) is 0 Å². The number of rotatable bonds is 1. The Morgan fingerprint density at radius 2 is 2.20 bits per heavy atom. The van der Waals surface area contributed by atoms with Crippen LogP contribution in [0.25, 0.3) is 0 Å². The zero-order valence-electron chi connectivity index (χ0n) is 5.03. The Bertz CT molecular complexity index is 231. The van der Waals surface area contributed by atoms with Crippen LogP contribution in [0.2, 0.25) is 0 Å². The summed E-state index contributed by atoms with van der Waals surface area (Å²) in [5, 5.41) is 16.9. The van der Waals surface area contributed by atoms with Crippen molar-refractivity contribution < 1.29 is 14.4 Å². The van der Waals surface area contributed by atoms with Crippen molar-refractivity contribution in [3.63, 3.8) is 0 Å². The first kappa shape index (κ1) is 7.18. The molecule has 0 amide bonds. The predicted molar refractivity (Wildman–Crippen MR) is 34.0 cm³/mol. The lowest BCUT2D eigenvalue weighted by Crippen LogP contribution is -2.35. The SMILES string of the molecule is OB(O)c1ncccc1F. The molecule has 0 aromatic carbocycles. The summed E-state index contributed by atoms with van der Waals surface area (Å²) >= 11 is 0. The molecule has 1 aromatic rings. The zero-order valence-corrected chi connectivity index (χ0v) is 5.03. The molecule has 0 aliphatic heterocycles. The monoisotopic (exact) mass is 141 g/mol. The quantitative estimate of drug-likeness (QED) is 0.488. The molecule has 2 N–H and O–H groups in total. The first-order valence-corrected chi connectivity index (χ1v) is 2.68. The van der Waals surface area contributed by atoms with Crippen LogP contribution >= 0.6 is 0 Å². The van der Waals surface area contributed by atoms with Gasteiger partial charge in [-0.1, -0.05) is 0 Å². The highest BCUT2D eigenvalue weighted by atomic mass is 19.1. The standard InChI is InChI=1S/C5H5BFNO2/c7-4-2-1-3-8-5(4)6(9)10/h1-3,9-10H. The van der Waals surface area contributed by atoms with E-state index in [9.17, 15) is 4.39 Å². The molecular weight excluding hydrogens is 136 g/mol. The largest absolute Gasteiger partial charge is 0.511 e. The summed E-state index contributed by atoms with van der Waals surface area (Å²) in [5.41, 5.74) is -0.345. The summed E-state index contributed by atoms with van der Waals surface area (Å²) in [4.78, 5) is 3.40. The van der Waals surface area contributed by atoms with E-state index < -0.39 is 12.9 Å². The van der Waals surface area contributed by atoms with Crippen molar-refractivity contribution in [2.75, 3.05) is 0 Å². The van der Waals surface area contributed by atoms with Crippen LogP contribution in [0.1, 0.15) is 0 Å². The van der Waals surface area contributed by atoms with Crippen molar-refractivity contribution >= 4 is 12.7 Å².